The van der Waals surface area contributed by atoms with Crippen molar-refractivity contribution < 1.29 is 9.18 Å². The van der Waals surface area contributed by atoms with Crippen LogP contribution >= 0.6 is 11.6 Å². The highest BCUT2D eigenvalue weighted by atomic mass is 35.5. The predicted molar refractivity (Wildman–Crippen MR) is 75.1 cm³/mol. The number of rotatable bonds is 3. The molecule has 0 bridgehead atoms. The molecule has 1 aromatic heterocycles. The molecule has 2 aromatic rings. The normalized spacial score (nSPS) is 15.7. The number of carbonyl (C=O) groups is 1. The maximum atomic E-state index is 13.5. The lowest BCUT2D eigenvalue weighted by Gasteiger charge is -2.06. The fourth-order valence-corrected chi connectivity index (χ4v) is 2.89. The maximum Gasteiger partial charge on any atom is 0.153 e. The van der Waals surface area contributed by atoms with Gasteiger partial charge in [-0.25, -0.2) is 9.07 Å². The summed E-state index contributed by atoms with van der Waals surface area (Å²) >= 11 is 5.67. The van der Waals surface area contributed by atoms with Crippen molar-refractivity contribution in [1.82, 2.24) is 9.78 Å². The summed E-state index contributed by atoms with van der Waals surface area (Å²) in [6, 6.07) is 4.50. The van der Waals surface area contributed by atoms with Gasteiger partial charge in [-0.15, -0.1) is 0 Å². The largest absolute Gasteiger partial charge is 0.298 e. The second-order valence-electron chi connectivity index (χ2n) is 5.11. The van der Waals surface area contributed by atoms with Crippen LogP contribution in [0.1, 0.15) is 47.7 Å². The van der Waals surface area contributed by atoms with Crippen LogP contribution in [0.2, 0.25) is 5.02 Å². The molecule has 1 fully saturated rings. The van der Waals surface area contributed by atoms with Crippen LogP contribution in [0.4, 0.5) is 4.39 Å². The summed E-state index contributed by atoms with van der Waals surface area (Å²) in [6.45, 7) is 0. The number of halogens is 2. The van der Waals surface area contributed by atoms with Gasteiger partial charge in [0.15, 0.2) is 6.29 Å². The van der Waals surface area contributed by atoms with Crippen molar-refractivity contribution in [3.63, 3.8) is 0 Å². The standard InChI is InChI=1S/C15H14ClFN2O/c16-13-6-5-12(7-14(13)17)19-8-11(9-20)15(18-19)10-3-1-2-4-10/h5-10H,1-4H2. The Labute approximate surface area is 121 Å². The average molecular weight is 293 g/mol. The van der Waals surface area contributed by atoms with E-state index in [1.54, 1.807) is 16.9 Å². The minimum atomic E-state index is -0.491. The van der Waals surface area contributed by atoms with Gasteiger partial charge in [0.05, 0.1) is 22.0 Å². The van der Waals surface area contributed by atoms with Gasteiger partial charge in [-0.1, -0.05) is 24.4 Å². The van der Waals surface area contributed by atoms with Gasteiger partial charge >= 0.3 is 0 Å². The fraction of sp³-hybridized carbons (Fsp3) is 0.333. The quantitative estimate of drug-likeness (QED) is 0.797. The molecule has 1 heterocycles. The molecule has 3 nitrogen and oxygen atoms in total. The summed E-state index contributed by atoms with van der Waals surface area (Å²) < 4.78 is 15.1. The van der Waals surface area contributed by atoms with Gasteiger partial charge in [-0.3, -0.25) is 4.79 Å². The number of hydrogen-bond donors (Lipinski definition) is 0. The van der Waals surface area contributed by atoms with Gasteiger partial charge in [-0.2, -0.15) is 5.10 Å². The summed E-state index contributed by atoms with van der Waals surface area (Å²) in [5.41, 5.74) is 1.99. The third kappa shape index (κ3) is 2.36. The summed E-state index contributed by atoms with van der Waals surface area (Å²) in [7, 11) is 0. The first kappa shape index (κ1) is 13.3. The lowest BCUT2D eigenvalue weighted by Crippen LogP contribution is -2.00. The number of carbonyl (C=O) groups excluding carboxylic acids is 1. The van der Waals surface area contributed by atoms with E-state index in [0.29, 0.717) is 17.2 Å². The minimum absolute atomic E-state index is 0.0764. The summed E-state index contributed by atoms with van der Waals surface area (Å²) in [6.07, 6.45) is 6.95. The van der Waals surface area contributed by atoms with Crippen molar-refractivity contribution in [3.8, 4) is 5.69 Å². The van der Waals surface area contributed by atoms with Crippen LogP contribution in [0.25, 0.3) is 5.69 Å². The van der Waals surface area contributed by atoms with Crippen molar-refractivity contribution >= 4 is 17.9 Å². The lowest BCUT2D eigenvalue weighted by atomic mass is 10.0. The van der Waals surface area contributed by atoms with Gasteiger partial charge in [0.1, 0.15) is 5.82 Å². The fourth-order valence-electron chi connectivity index (χ4n) is 2.77. The molecule has 0 atom stereocenters. The third-order valence-corrected chi connectivity index (χ3v) is 4.12. The van der Waals surface area contributed by atoms with Crippen LogP contribution in [0.3, 0.4) is 0 Å². The molecule has 1 aliphatic carbocycles. The Bertz CT molecular complexity index is 647. The van der Waals surface area contributed by atoms with Gasteiger partial charge < -0.3 is 0 Å². The predicted octanol–water partition coefficient (Wildman–Crippen LogP) is 4.13. The zero-order valence-electron chi connectivity index (χ0n) is 10.9. The van der Waals surface area contributed by atoms with Crippen LogP contribution in [-0.2, 0) is 0 Å². The third-order valence-electron chi connectivity index (χ3n) is 3.81. The Kier molecular flexibility index (Phi) is 3.57. The Balaban J connectivity index is 2.01. The molecule has 0 spiro atoms. The highest BCUT2D eigenvalue weighted by molar-refractivity contribution is 6.30. The molecule has 3 rings (SSSR count). The Morgan fingerprint density at radius 2 is 2.10 bits per heavy atom. The van der Waals surface area contributed by atoms with E-state index < -0.39 is 5.82 Å². The molecule has 0 N–H and O–H groups in total. The SMILES string of the molecule is O=Cc1cn(-c2ccc(Cl)c(F)c2)nc1C1CCCC1. The van der Waals surface area contributed by atoms with Gasteiger partial charge in [-0.05, 0) is 25.0 Å². The van der Waals surface area contributed by atoms with Crippen LogP contribution in [0.5, 0.6) is 0 Å². The van der Waals surface area contributed by atoms with Crippen molar-refractivity contribution in [3.05, 3.63) is 46.5 Å². The van der Waals surface area contributed by atoms with E-state index in [9.17, 15) is 9.18 Å². The molecule has 104 valence electrons. The molecule has 5 heteroatoms. The van der Waals surface area contributed by atoms with E-state index in [1.165, 1.54) is 25.0 Å². The Hall–Kier alpha value is -1.68. The first-order valence-corrected chi connectivity index (χ1v) is 7.07. The van der Waals surface area contributed by atoms with Crippen LogP contribution in [0.15, 0.2) is 24.4 Å². The molecule has 0 unspecified atom stereocenters. The van der Waals surface area contributed by atoms with E-state index in [2.05, 4.69) is 5.10 Å². The first-order chi connectivity index (χ1) is 9.69. The number of hydrogen-bond acceptors (Lipinski definition) is 2. The van der Waals surface area contributed by atoms with E-state index in [0.717, 1.165) is 24.8 Å². The average Bonchev–Trinajstić information content (AvgIpc) is 3.09. The molecule has 20 heavy (non-hydrogen) atoms. The summed E-state index contributed by atoms with van der Waals surface area (Å²) in [5, 5.41) is 4.56. The second-order valence-corrected chi connectivity index (χ2v) is 5.52. The monoisotopic (exact) mass is 292 g/mol. The number of benzene rings is 1. The smallest absolute Gasteiger partial charge is 0.153 e. The molecule has 1 saturated carbocycles. The highest BCUT2D eigenvalue weighted by Crippen LogP contribution is 2.34. The van der Waals surface area contributed by atoms with Crippen molar-refractivity contribution in [2.45, 2.75) is 31.6 Å². The van der Waals surface area contributed by atoms with Gasteiger partial charge in [0, 0.05) is 18.2 Å². The maximum absolute atomic E-state index is 13.5. The van der Waals surface area contributed by atoms with Crippen LogP contribution in [0, 0.1) is 5.82 Å². The Morgan fingerprint density at radius 1 is 1.35 bits per heavy atom. The van der Waals surface area contributed by atoms with Crippen molar-refractivity contribution in [2.75, 3.05) is 0 Å². The number of nitrogens with zero attached hydrogens (tertiary/aromatic N) is 2. The second kappa shape index (κ2) is 5.37. The van der Waals surface area contributed by atoms with Crippen molar-refractivity contribution in [2.24, 2.45) is 0 Å². The van der Waals surface area contributed by atoms with Crippen LogP contribution < -0.4 is 0 Å². The molecule has 0 aliphatic heterocycles. The van der Waals surface area contributed by atoms with Crippen molar-refractivity contribution in [1.29, 1.82) is 0 Å². The molecular weight excluding hydrogens is 279 g/mol. The van der Waals surface area contributed by atoms with E-state index >= 15 is 0 Å². The first-order valence-electron chi connectivity index (χ1n) is 6.69. The van der Waals surface area contributed by atoms with E-state index in [1.807, 2.05) is 0 Å². The number of aldehydes is 1. The molecule has 1 aromatic carbocycles. The zero-order chi connectivity index (χ0) is 14.1. The summed E-state index contributed by atoms with van der Waals surface area (Å²) in [5.74, 6) is -0.150. The van der Waals surface area contributed by atoms with E-state index in [-0.39, 0.29) is 5.02 Å². The highest BCUT2D eigenvalue weighted by Gasteiger charge is 2.23. The minimum Gasteiger partial charge on any atom is -0.298 e. The molecular formula is C15H14ClFN2O. The number of aromatic nitrogens is 2. The molecule has 1 aliphatic rings. The summed E-state index contributed by atoms with van der Waals surface area (Å²) in [4.78, 5) is 11.2. The topological polar surface area (TPSA) is 34.9 Å². The van der Waals surface area contributed by atoms with Crippen LogP contribution in [-0.4, -0.2) is 16.1 Å². The molecule has 0 saturated heterocycles. The Morgan fingerprint density at radius 3 is 2.75 bits per heavy atom. The van der Waals surface area contributed by atoms with Gasteiger partial charge in [0.2, 0.25) is 0 Å². The molecule has 0 radical (unpaired) electrons. The molecule has 0 amide bonds. The van der Waals surface area contributed by atoms with E-state index in [4.69, 9.17) is 11.6 Å². The lowest BCUT2D eigenvalue weighted by molar-refractivity contribution is 0.112. The zero-order valence-corrected chi connectivity index (χ0v) is 11.6. The van der Waals surface area contributed by atoms with Gasteiger partial charge in [0.25, 0.3) is 0 Å².